The normalized spacial score (nSPS) is 11.5. The number of aryl methyl sites for hydroxylation is 2. The van der Waals surface area contributed by atoms with Crippen molar-refractivity contribution in [2.75, 3.05) is 31.5 Å². The van der Waals surface area contributed by atoms with E-state index >= 15 is 0 Å². The van der Waals surface area contributed by atoms with Crippen LogP contribution in [0, 0.1) is 11.8 Å². The fraction of sp³-hybridized carbons (Fsp3) is 0.393. The summed E-state index contributed by atoms with van der Waals surface area (Å²) in [6.07, 6.45) is 3.52. The Kier molecular flexibility index (Phi) is 10.2. The summed E-state index contributed by atoms with van der Waals surface area (Å²) in [6, 6.07) is 14.0. The molecule has 1 aliphatic heterocycles. The Bertz CT molecular complexity index is 1190. The summed E-state index contributed by atoms with van der Waals surface area (Å²) < 4.78 is 17.9. The molecule has 0 atom stereocenters. The molecule has 0 spiro atoms. The second-order valence-electron chi connectivity index (χ2n) is 7.90. The number of carbonyl (C=O) groups excluding carboxylic acids is 1. The van der Waals surface area contributed by atoms with Crippen molar-refractivity contribution < 1.29 is 19.0 Å². The Morgan fingerprint density at radius 2 is 1.83 bits per heavy atom. The number of nitrogens with one attached hydrogen (secondary N) is 1. The van der Waals surface area contributed by atoms with Crippen LogP contribution in [-0.2, 0) is 17.7 Å². The SMILES string of the molecule is CCOc1ccc(NC(=O)OC)c(C#CCCCCl)c1.CCOc1ccc2c(c1)cc1n2CCC1. The number of fused-ring (bicyclic) bond motifs is 3. The summed E-state index contributed by atoms with van der Waals surface area (Å²) in [5.41, 5.74) is 4.11. The van der Waals surface area contributed by atoms with Gasteiger partial charge in [-0.15, -0.1) is 11.6 Å². The van der Waals surface area contributed by atoms with E-state index in [1.54, 1.807) is 18.2 Å². The van der Waals surface area contributed by atoms with Gasteiger partial charge in [0, 0.05) is 35.4 Å². The van der Waals surface area contributed by atoms with Crippen LogP contribution in [0.1, 0.15) is 44.4 Å². The Balaban J connectivity index is 0.000000202. The molecule has 0 saturated carbocycles. The van der Waals surface area contributed by atoms with E-state index in [1.165, 1.54) is 43.1 Å². The number of aromatic nitrogens is 1. The number of hydrogen-bond donors (Lipinski definition) is 1. The quantitative estimate of drug-likeness (QED) is 0.227. The largest absolute Gasteiger partial charge is 0.494 e. The van der Waals surface area contributed by atoms with Crippen LogP contribution < -0.4 is 14.8 Å². The number of rotatable bonds is 7. The van der Waals surface area contributed by atoms with E-state index in [4.69, 9.17) is 21.1 Å². The number of nitrogens with zero attached hydrogens (tertiary/aromatic N) is 1. The highest BCUT2D eigenvalue weighted by Crippen LogP contribution is 2.28. The molecule has 0 bridgehead atoms. The van der Waals surface area contributed by atoms with Crippen LogP contribution in [0.25, 0.3) is 10.9 Å². The van der Waals surface area contributed by atoms with Crippen LogP contribution in [0.5, 0.6) is 11.5 Å². The first-order valence-electron chi connectivity index (χ1n) is 12.0. The van der Waals surface area contributed by atoms with Crippen LogP contribution >= 0.6 is 11.6 Å². The number of methoxy groups -OCH3 is 1. The van der Waals surface area contributed by atoms with Gasteiger partial charge in [0.2, 0.25) is 0 Å². The lowest BCUT2D eigenvalue weighted by atomic mass is 10.1. The molecule has 2 heterocycles. The van der Waals surface area contributed by atoms with E-state index in [2.05, 4.69) is 50.7 Å². The molecule has 3 aromatic rings. The summed E-state index contributed by atoms with van der Waals surface area (Å²) in [7, 11) is 1.32. The minimum Gasteiger partial charge on any atom is -0.494 e. The van der Waals surface area contributed by atoms with E-state index in [9.17, 15) is 4.79 Å². The average molecular weight is 497 g/mol. The second-order valence-corrected chi connectivity index (χ2v) is 8.27. The summed E-state index contributed by atoms with van der Waals surface area (Å²) in [6.45, 7) is 6.41. The van der Waals surface area contributed by atoms with Crippen molar-refractivity contribution in [3.05, 3.63) is 53.7 Å². The highest BCUT2D eigenvalue weighted by atomic mass is 35.5. The Labute approximate surface area is 212 Å². The number of benzene rings is 2. The maximum atomic E-state index is 11.3. The maximum absolute atomic E-state index is 11.3. The summed E-state index contributed by atoms with van der Waals surface area (Å²) in [5, 5.41) is 3.94. The summed E-state index contributed by atoms with van der Waals surface area (Å²) in [4.78, 5) is 11.3. The Morgan fingerprint density at radius 1 is 1.09 bits per heavy atom. The highest BCUT2D eigenvalue weighted by Gasteiger charge is 2.14. The molecule has 0 saturated heterocycles. The van der Waals surface area contributed by atoms with Crippen molar-refractivity contribution in [3.63, 3.8) is 0 Å². The van der Waals surface area contributed by atoms with Crippen LogP contribution in [0.15, 0.2) is 42.5 Å². The topological polar surface area (TPSA) is 61.7 Å². The predicted octanol–water partition coefficient (Wildman–Crippen LogP) is 6.62. The standard InChI is InChI=1S/C15H18ClNO3.C13H15NO/c1-3-20-13-8-9-14(17-15(18)19-2)12(11-13)7-5-4-6-10-16;1-2-15-12-5-6-13-10(9-12)8-11-4-3-7-14(11)13/h8-9,11H,3-4,6,10H2,1-2H3,(H,17,18);5-6,8-9H,2-4,7H2,1H3. The van der Waals surface area contributed by atoms with Crippen LogP contribution in [0.4, 0.5) is 10.5 Å². The van der Waals surface area contributed by atoms with Crippen LogP contribution in [-0.4, -0.2) is 36.9 Å². The fourth-order valence-electron chi connectivity index (χ4n) is 3.92. The first kappa shape index (κ1) is 26.3. The van der Waals surface area contributed by atoms with Gasteiger partial charge in [-0.3, -0.25) is 5.32 Å². The molecule has 186 valence electrons. The zero-order valence-corrected chi connectivity index (χ0v) is 21.4. The predicted molar refractivity (Wildman–Crippen MR) is 142 cm³/mol. The van der Waals surface area contributed by atoms with E-state index in [-0.39, 0.29) is 0 Å². The van der Waals surface area contributed by atoms with Gasteiger partial charge in [0.05, 0.1) is 31.6 Å². The van der Waals surface area contributed by atoms with Gasteiger partial charge < -0.3 is 18.8 Å². The first-order valence-corrected chi connectivity index (χ1v) is 12.5. The Morgan fingerprint density at radius 3 is 2.54 bits per heavy atom. The van der Waals surface area contributed by atoms with Gasteiger partial charge in [-0.25, -0.2) is 4.79 Å². The maximum Gasteiger partial charge on any atom is 0.411 e. The molecule has 35 heavy (non-hydrogen) atoms. The minimum absolute atomic E-state index is 0.530. The van der Waals surface area contributed by atoms with Crippen molar-refractivity contribution in [2.24, 2.45) is 0 Å². The summed E-state index contributed by atoms with van der Waals surface area (Å²) in [5.74, 6) is 8.32. The van der Waals surface area contributed by atoms with Gasteiger partial charge in [0.15, 0.2) is 0 Å². The fourth-order valence-corrected chi connectivity index (χ4v) is 4.05. The minimum atomic E-state index is -0.530. The highest BCUT2D eigenvalue weighted by molar-refractivity contribution is 6.17. The molecule has 0 fully saturated rings. The first-order chi connectivity index (χ1) is 17.1. The van der Waals surface area contributed by atoms with E-state index in [0.717, 1.165) is 18.8 Å². The van der Waals surface area contributed by atoms with Crippen molar-refractivity contribution in [1.29, 1.82) is 0 Å². The average Bonchev–Trinajstić information content (AvgIpc) is 3.45. The van der Waals surface area contributed by atoms with Crippen LogP contribution in [0.3, 0.4) is 0 Å². The zero-order valence-electron chi connectivity index (χ0n) is 20.7. The number of anilines is 1. The molecule has 7 heteroatoms. The van der Waals surface area contributed by atoms with E-state index < -0.39 is 6.09 Å². The smallest absolute Gasteiger partial charge is 0.411 e. The number of ether oxygens (including phenoxy) is 3. The molecule has 0 radical (unpaired) electrons. The molecule has 1 aliphatic rings. The molecular weight excluding hydrogens is 464 g/mol. The third kappa shape index (κ3) is 7.34. The molecule has 6 nitrogen and oxygen atoms in total. The van der Waals surface area contributed by atoms with Gasteiger partial charge >= 0.3 is 6.09 Å². The van der Waals surface area contributed by atoms with Crippen LogP contribution in [0.2, 0.25) is 0 Å². The lowest BCUT2D eigenvalue weighted by molar-refractivity contribution is 0.187. The van der Waals surface area contributed by atoms with Crippen molar-refractivity contribution >= 4 is 34.3 Å². The van der Waals surface area contributed by atoms with Crippen molar-refractivity contribution in [2.45, 2.75) is 46.1 Å². The molecule has 2 aromatic carbocycles. The lowest BCUT2D eigenvalue weighted by Crippen LogP contribution is -2.12. The monoisotopic (exact) mass is 496 g/mol. The molecule has 0 unspecified atom stereocenters. The van der Waals surface area contributed by atoms with Gasteiger partial charge in [-0.2, -0.15) is 0 Å². The van der Waals surface area contributed by atoms with Crippen molar-refractivity contribution in [3.8, 4) is 23.3 Å². The third-order valence-corrected chi connectivity index (χ3v) is 5.73. The van der Waals surface area contributed by atoms with E-state index in [0.29, 0.717) is 35.9 Å². The Hall–Kier alpha value is -3.30. The number of unbranched alkanes of at least 4 members (excludes halogenated alkanes) is 1. The van der Waals surface area contributed by atoms with Gasteiger partial charge in [0.25, 0.3) is 0 Å². The zero-order chi connectivity index (χ0) is 25.0. The summed E-state index contributed by atoms with van der Waals surface area (Å²) >= 11 is 5.61. The number of alkyl halides is 1. The van der Waals surface area contributed by atoms with Gasteiger partial charge in [-0.05, 0) is 75.6 Å². The van der Waals surface area contributed by atoms with E-state index in [1.807, 2.05) is 13.8 Å². The number of carbonyl (C=O) groups is 1. The van der Waals surface area contributed by atoms with Gasteiger partial charge in [-0.1, -0.05) is 11.8 Å². The molecule has 1 amide bonds. The molecule has 1 aromatic heterocycles. The van der Waals surface area contributed by atoms with Gasteiger partial charge in [0.1, 0.15) is 11.5 Å². The molecule has 0 aliphatic carbocycles. The van der Waals surface area contributed by atoms with Crippen molar-refractivity contribution in [1.82, 2.24) is 4.57 Å². The number of hydrogen-bond acceptors (Lipinski definition) is 4. The second kappa shape index (κ2) is 13.6. The third-order valence-electron chi connectivity index (χ3n) is 5.47. The molecule has 1 N–H and O–H groups in total. The molecule has 4 rings (SSSR count). The number of halogens is 1. The molecular formula is C28H33ClN2O4. The number of amides is 1. The lowest BCUT2D eigenvalue weighted by Gasteiger charge is -2.09.